The Morgan fingerprint density at radius 3 is 2.09 bits per heavy atom. The molecule has 0 bridgehead atoms. The maximum absolute atomic E-state index is 13.8. The average molecular weight is 911 g/mol. The van der Waals surface area contributed by atoms with E-state index in [0.29, 0.717) is 25.0 Å². The number of carboxylic acid groups (broad SMARTS) is 1. The van der Waals surface area contributed by atoms with Crippen molar-refractivity contribution >= 4 is 11.8 Å². The second-order valence-corrected chi connectivity index (χ2v) is 22.9. The van der Waals surface area contributed by atoms with Crippen molar-refractivity contribution < 1.29 is 84.0 Å². The fraction of sp³-hybridized carbons (Fsp3) is 0.915. The van der Waals surface area contributed by atoms with Crippen LogP contribution in [0.3, 0.4) is 0 Å². The third-order valence-corrected chi connectivity index (χ3v) is 18.8. The third kappa shape index (κ3) is 7.40. The molecule has 0 aromatic carbocycles. The quantitative estimate of drug-likeness (QED) is 0.124. The largest absolute Gasteiger partial charge is 0.479 e. The molecule has 0 aromatic rings. The Morgan fingerprint density at radius 2 is 1.42 bits per heavy atom. The summed E-state index contributed by atoms with van der Waals surface area (Å²) >= 11 is 0. The molecule has 8 rings (SSSR count). The van der Waals surface area contributed by atoms with Gasteiger partial charge in [-0.2, -0.15) is 0 Å². The highest BCUT2D eigenvalue weighted by Gasteiger charge is 2.70. The van der Waals surface area contributed by atoms with Gasteiger partial charge in [0.2, 0.25) is 0 Å². The van der Waals surface area contributed by atoms with Crippen molar-refractivity contribution in [3.05, 3.63) is 11.6 Å². The molecule has 4 saturated carbocycles. The van der Waals surface area contributed by atoms with Crippen LogP contribution in [0, 0.1) is 50.2 Å². The van der Waals surface area contributed by atoms with Gasteiger partial charge in [0, 0.05) is 17.3 Å². The topological polar surface area (TPSA) is 272 Å². The normalized spacial score (nSPS) is 55.0. The molecule has 364 valence electrons. The van der Waals surface area contributed by atoms with Gasteiger partial charge in [-0.3, -0.25) is 4.79 Å². The summed E-state index contributed by atoms with van der Waals surface area (Å²) in [5, 5.41) is 97.2. The van der Waals surface area contributed by atoms with E-state index in [1.807, 2.05) is 6.92 Å². The minimum absolute atomic E-state index is 0.0626. The molecule has 0 unspecified atom stereocenters. The summed E-state index contributed by atoms with van der Waals surface area (Å²) < 4.78 is 36.0. The molecule has 17 nitrogen and oxygen atoms in total. The zero-order chi connectivity index (χ0) is 46.9. The van der Waals surface area contributed by atoms with E-state index in [0.717, 1.165) is 38.5 Å². The number of carbonyl (C=O) groups is 2. The lowest BCUT2D eigenvalue weighted by atomic mass is 9.33. The first kappa shape index (κ1) is 48.8. The van der Waals surface area contributed by atoms with Crippen LogP contribution >= 0.6 is 0 Å². The number of aliphatic carboxylic acids is 1. The predicted molar refractivity (Wildman–Crippen MR) is 224 cm³/mol. The smallest absolute Gasteiger partial charge is 0.335 e. The highest BCUT2D eigenvalue weighted by molar-refractivity contribution is 5.87. The molecule has 3 saturated heterocycles. The van der Waals surface area contributed by atoms with Crippen molar-refractivity contribution in [2.45, 2.75) is 205 Å². The molecule has 23 atom stereocenters. The SMILES string of the molecule is C[C@@H]1O[C@@H](O[C@H]2[C@H](O[C@H]3[C@H](O[C@H]4CC[C@@]5(C)[C@@H](CC[C@]6(C)[C@@H]5CC=C5[C@@H]7CC(C)(C)CC(=O)[C@]7(C)CC[C@]56C)[C@@]4(C)CO)O[C@H](C(=O)O)[C@@H](O)[C@@H]3O)OC[C@@H](O)[C@@H]2O)[C@H](O)[C@H](O)[C@H]1O. The minimum Gasteiger partial charge on any atom is -0.479 e. The number of ketones is 1. The van der Waals surface area contributed by atoms with Gasteiger partial charge in [-0.05, 0) is 97.7 Å². The highest BCUT2D eigenvalue weighted by atomic mass is 16.8. The average Bonchev–Trinajstić information content (AvgIpc) is 3.22. The molecule has 0 spiro atoms. The molecule has 8 aliphatic rings. The summed E-state index contributed by atoms with van der Waals surface area (Å²) in [6.07, 6.45) is -14.8. The zero-order valence-corrected chi connectivity index (χ0v) is 38.5. The van der Waals surface area contributed by atoms with Gasteiger partial charge in [0.05, 0.1) is 25.4 Å². The summed E-state index contributed by atoms with van der Waals surface area (Å²) in [6.45, 7) is 16.5. The van der Waals surface area contributed by atoms with Gasteiger partial charge in [-0.25, -0.2) is 4.79 Å². The lowest BCUT2D eigenvalue weighted by molar-refractivity contribution is -0.387. The monoisotopic (exact) mass is 910 g/mol. The Labute approximate surface area is 375 Å². The van der Waals surface area contributed by atoms with Gasteiger partial charge >= 0.3 is 5.97 Å². The first-order chi connectivity index (χ1) is 29.8. The first-order valence-electron chi connectivity index (χ1n) is 23.5. The van der Waals surface area contributed by atoms with E-state index < -0.39 is 110 Å². The van der Waals surface area contributed by atoms with Crippen LogP contribution in [0.5, 0.6) is 0 Å². The van der Waals surface area contributed by atoms with E-state index in [1.165, 1.54) is 12.5 Å². The Morgan fingerprint density at radius 1 is 0.750 bits per heavy atom. The fourth-order valence-electron chi connectivity index (χ4n) is 14.6. The number of carbonyl (C=O) groups excluding carboxylic acids is 1. The predicted octanol–water partition coefficient (Wildman–Crippen LogP) is 1.55. The van der Waals surface area contributed by atoms with Crippen LogP contribution in [-0.4, -0.2) is 163 Å². The molecule has 64 heavy (non-hydrogen) atoms. The van der Waals surface area contributed by atoms with Crippen molar-refractivity contribution in [2.24, 2.45) is 50.2 Å². The van der Waals surface area contributed by atoms with Crippen LogP contribution < -0.4 is 0 Å². The van der Waals surface area contributed by atoms with Crippen LogP contribution in [0.25, 0.3) is 0 Å². The number of aliphatic hydroxyl groups is 8. The maximum atomic E-state index is 13.8. The number of fused-ring (bicyclic) bond motifs is 7. The standard InChI is InChI=1S/C47H74O17/c1-21-29(51)31(53)34(56)39(60-21)63-36-30(52)24(49)19-59-40(36)64-37-33(55)32(54)35(38(57)58)62-41(37)61-28-12-13-44(5)25(45(28,6)20-48)11-14-47(8)26(44)10-9-22-23-17-42(2,3)18-27(50)43(23,4)15-16-46(22,47)7/h9,21,23-26,28-37,39-41,48-49,51-56H,10-20H2,1-8H3,(H,57,58)/t21-,23-,24+,25+,26+,28-,29-,30-,31+,32-,33-,34+,35-,36+,37+,39-,40-,41+,43+,44-,45+,46+,47+/m0/s1. The summed E-state index contributed by atoms with van der Waals surface area (Å²) in [7, 11) is 0. The molecule has 7 fully saturated rings. The van der Waals surface area contributed by atoms with Crippen molar-refractivity contribution in [1.82, 2.24) is 0 Å². The lowest BCUT2D eigenvalue weighted by Crippen LogP contribution is -2.68. The van der Waals surface area contributed by atoms with E-state index in [4.69, 9.17) is 28.4 Å². The third-order valence-electron chi connectivity index (χ3n) is 18.8. The van der Waals surface area contributed by atoms with Crippen molar-refractivity contribution in [2.75, 3.05) is 13.2 Å². The molecule has 3 heterocycles. The van der Waals surface area contributed by atoms with Gasteiger partial charge < -0.3 is 74.4 Å². The first-order valence-corrected chi connectivity index (χ1v) is 23.5. The summed E-state index contributed by atoms with van der Waals surface area (Å²) in [5.41, 5.74) is -0.362. The van der Waals surface area contributed by atoms with Gasteiger partial charge in [-0.1, -0.05) is 60.1 Å². The molecule has 5 aliphatic carbocycles. The van der Waals surface area contributed by atoms with Crippen LogP contribution in [0.1, 0.15) is 113 Å². The molecular weight excluding hydrogens is 837 g/mol. The van der Waals surface area contributed by atoms with E-state index in [1.54, 1.807) is 0 Å². The summed E-state index contributed by atoms with van der Waals surface area (Å²) in [5.74, 6) is -0.816. The Bertz CT molecular complexity index is 1810. The van der Waals surface area contributed by atoms with Crippen molar-refractivity contribution in [1.29, 1.82) is 0 Å². The van der Waals surface area contributed by atoms with Gasteiger partial charge in [-0.15, -0.1) is 0 Å². The van der Waals surface area contributed by atoms with E-state index in [-0.39, 0.29) is 51.4 Å². The molecule has 0 amide bonds. The molecule has 3 aliphatic heterocycles. The number of ether oxygens (including phenoxy) is 6. The number of carboxylic acids is 1. The van der Waals surface area contributed by atoms with Crippen molar-refractivity contribution in [3.8, 4) is 0 Å². The van der Waals surface area contributed by atoms with Crippen molar-refractivity contribution in [3.63, 3.8) is 0 Å². The van der Waals surface area contributed by atoms with Crippen LogP contribution in [0.15, 0.2) is 11.6 Å². The van der Waals surface area contributed by atoms with Crippen LogP contribution in [0.4, 0.5) is 0 Å². The van der Waals surface area contributed by atoms with Gasteiger partial charge in [0.1, 0.15) is 60.7 Å². The summed E-state index contributed by atoms with van der Waals surface area (Å²) in [4.78, 5) is 26.2. The lowest BCUT2D eigenvalue weighted by Gasteiger charge is -2.71. The van der Waals surface area contributed by atoms with E-state index in [9.17, 15) is 55.5 Å². The number of rotatable bonds is 8. The van der Waals surface area contributed by atoms with E-state index >= 15 is 0 Å². The van der Waals surface area contributed by atoms with Gasteiger partial charge in [0.15, 0.2) is 25.0 Å². The highest BCUT2D eigenvalue weighted by Crippen LogP contribution is 2.75. The molecule has 0 aromatic heterocycles. The Kier molecular flexibility index (Phi) is 12.8. The zero-order valence-electron chi connectivity index (χ0n) is 38.5. The van der Waals surface area contributed by atoms with E-state index in [2.05, 4.69) is 47.6 Å². The summed E-state index contributed by atoms with van der Waals surface area (Å²) in [6, 6.07) is 0. The van der Waals surface area contributed by atoms with Crippen LogP contribution in [-0.2, 0) is 38.0 Å². The Balaban J connectivity index is 1.06. The molecule has 0 radical (unpaired) electrons. The Hall–Kier alpha value is -1.68. The fourth-order valence-corrected chi connectivity index (χ4v) is 14.6. The molecule has 9 N–H and O–H groups in total. The maximum Gasteiger partial charge on any atom is 0.335 e. The number of hydrogen-bond acceptors (Lipinski definition) is 16. The molecular formula is C47H74O17. The minimum atomic E-state index is -2.02. The van der Waals surface area contributed by atoms with Crippen LogP contribution in [0.2, 0.25) is 0 Å². The number of aliphatic hydroxyl groups excluding tert-OH is 8. The number of allylic oxidation sites excluding steroid dienone is 2. The number of hydrogen-bond donors (Lipinski definition) is 9. The second kappa shape index (κ2) is 16.8. The number of Topliss-reactive ketones (excluding diaryl/α,β-unsaturated/α-hetero) is 1. The second-order valence-electron chi connectivity index (χ2n) is 22.9. The van der Waals surface area contributed by atoms with Gasteiger partial charge in [0.25, 0.3) is 0 Å². The molecule has 17 heteroatoms.